The van der Waals surface area contributed by atoms with Gasteiger partial charge in [-0.05, 0) is 23.8 Å². The third-order valence-electron chi connectivity index (χ3n) is 3.64. The summed E-state index contributed by atoms with van der Waals surface area (Å²) in [6.45, 7) is 0. The van der Waals surface area contributed by atoms with Gasteiger partial charge in [-0.3, -0.25) is 4.79 Å². The monoisotopic (exact) mass is 396 g/mol. The first-order valence-electron chi connectivity index (χ1n) is 8.05. The summed E-state index contributed by atoms with van der Waals surface area (Å²) in [5.74, 6) is 1.23. The molecule has 0 radical (unpaired) electrons. The van der Waals surface area contributed by atoms with Crippen LogP contribution < -0.4 is 10.1 Å². The van der Waals surface area contributed by atoms with Crippen molar-refractivity contribution in [2.24, 2.45) is 0 Å². The van der Waals surface area contributed by atoms with Gasteiger partial charge in [0.1, 0.15) is 5.75 Å². The van der Waals surface area contributed by atoms with Gasteiger partial charge in [-0.2, -0.15) is 5.26 Å². The van der Waals surface area contributed by atoms with E-state index < -0.39 is 0 Å². The lowest BCUT2D eigenvalue weighted by atomic mass is 10.1. The van der Waals surface area contributed by atoms with Crippen molar-refractivity contribution in [2.75, 3.05) is 12.4 Å². The van der Waals surface area contributed by atoms with Crippen LogP contribution in [0.15, 0.2) is 52.9 Å². The summed E-state index contributed by atoms with van der Waals surface area (Å²) >= 11 is 2.87. The van der Waals surface area contributed by atoms with Crippen LogP contribution in [0.25, 0.3) is 0 Å². The molecule has 0 bridgehead atoms. The Morgan fingerprint density at radius 2 is 2.00 bits per heavy atom. The quantitative estimate of drug-likeness (QED) is 0.481. The summed E-state index contributed by atoms with van der Waals surface area (Å²) in [6.07, 6.45) is 0.206. The van der Waals surface area contributed by atoms with Crippen LogP contribution in [0.4, 0.5) is 5.13 Å². The molecule has 0 atom stereocenters. The number of carbonyl (C=O) groups excluding carboxylic acids is 1. The van der Waals surface area contributed by atoms with Gasteiger partial charge in [-0.15, -0.1) is 10.2 Å². The second-order valence-electron chi connectivity index (χ2n) is 5.51. The maximum absolute atomic E-state index is 12.2. The lowest BCUT2D eigenvalue weighted by molar-refractivity contribution is -0.115. The third kappa shape index (κ3) is 5.29. The summed E-state index contributed by atoms with van der Waals surface area (Å²) in [4.78, 5) is 12.2. The zero-order valence-electron chi connectivity index (χ0n) is 14.5. The molecule has 3 aromatic rings. The molecule has 0 aliphatic rings. The normalized spacial score (nSPS) is 10.2. The number of amides is 1. The molecule has 2 aromatic carbocycles. The first-order valence-corrected chi connectivity index (χ1v) is 9.85. The highest BCUT2D eigenvalue weighted by Crippen LogP contribution is 2.28. The number of nitrogens with one attached hydrogen (secondary N) is 1. The first-order chi connectivity index (χ1) is 13.2. The molecular weight excluding hydrogens is 380 g/mol. The summed E-state index contributed by atoms with van der Waals surface area (Å²) in [6, 6.07) is 16.9. The summed E-state index contributed by atoms with van der Waals surface area (Å²) < 4.78 is 6.03. The Morgan fingerprint density at radius 3 is 2.74 bits per heavy atom. The molecule has 0 aliphatic heterocycles. The van der Waals surface area contributed by atoms with Crippen molar-refractivity contribution in [3.63, 3.8) is 0 Å². The van der Waals surface area contributed by atoms with E-state index in [1.807, 2.05) is 36.4 Å². The number of benzene rings is 2. The van der Waals surface area contributed by atoms with E-state index in [4.69, 9.17) is 10.00 Å². The molecule has 6 nitrogen and oxygen atoms in total. The van der Waals surface area contributed by atoms with Crippen LogP contribution in [0.3, 0.4) is 0 Å². The van der Waals surface area contributed by atoms with E-state index >= 15 is 0 Å². The molecule has 1 amide bonds. The van der Waals surface area contributed by atoms with Gasteiger partial charge in [-0.1, -0.05) is 53.4 Å². The highest BCUT2D eigenvalue weighted by molar-refractivity contribution is 8.00. The van der Waals surface area contributed by atoms with Crippen molar-refractivity contribution >= 4 is 34.1 Å². The van der Waals surface area contributed by atoms with Gasteiger partial charge in [0.15, 0.2) is 4.34 Å². The Kier molecular flexibility index (Phi) is 6.41. The minimum Gasteiger partial charge on any atom is -0.496 e. The van der Waals surface area contributed by atoms with E-state index in [1.165, 1.54) is 23.1 Å². The largest absolute Gasteiger partial charge is 0.496 e. The fraction of sp³-hybridized carbons (Fsp3) is 0.158. The van der Waals surface area contributed by atoms with Gasteiger partial charge in [-0.25, -0.2) is 0 Å². The van der Waals surface area contributed by atoms with E-state index in [-0.39, 0.29) is 12.3 Å². The van der Waals surface area contributed by atoms with Crippen LogP contribution >= 0.6 is 23.1 Å². The second kappa shape index (κ2) is 9.16. The number of para-hydroxylation sites is 1. The number of methoxy groups -OCH3 is 1. The van der Waals surface area contributed by atoms with E-state index in [0.29, 0.717) is 16.4 Å². The molecule has 27 heavy (non-hydrogen) atoms. The van der Waals surface area contributed by atoms with Crippen molar-refractivity contribution in [2.45, 2.75) is 16.5 Å². The van der Waals surface area contributed by atoms with Gasteiger partial charge < -0.3 is 10.1 Å². The Labute approximate surface area is 165 Å². The van der Waals surface area contributed by atoms with Gasteiger partial charge >= 0.3 is 0 Å². The van der Waals surface area contributed by atoms with Crippen LogP contribution in [0.1, 0.15) is 16.7 Å². The zero-order chi connectivity index (χ0) is 19.1. The first kappa shape index (κ1) is 18.9. The van der Waals surface area contributed by atoms with E-state index in [2.05, 4.69) is 21.6 Å². The minimum absolute atomic E-state index is 0.167. The summed E-state index contributed by atoms with van der Waals surface area (Å²) in [5.41, 5.74) is 2.55. The lowest BCUT2D eigenvalue weighted by Gasteiger charge is -2.07. The second-order valence-corrected chi connectivity index (χ2v) is 7.71. The third-order valence-corrected chi connectivity index (χ3v) is 5.68. The average Bonchev–Trinajstić information content (AvgIpc) is 3.14. The van der Waals surface area contributed by atoms with Crippen molar-refractivity contribution in [3.8, 4) is 11.8 Å². The van der Waals surface area contributed by atoms with Crippen molar-refractivity contribution in [1.82, 2.24) is 10.2 Å². The van der Waals surface area contributed by atoms with Gasteiger partial charge in [0.2, 0.25) is 11.0 Å². The minimum atomic E-state index is -0.167. The number of anilines is 1. The number of rotatable bonds is 7. The lowest BCUT2D eigenvalue weighted by Crippen LogP contribution is -2.14. The van der Waals surface area contributed by atoms with E-state index in [0.717, 1.165) is 21.2 Å². The summed E-state index contributed by atoms with van der Waals surface area (Å²) in [5, 5.41) is 20.2. The fourth-order valence-corrected chi connectivity index (χ4v) is 4.05. The number of carbonyl (C=O) groups is 1. The van der Waals surface area contributed by atoms with Crippen LogP contribution in [0, 0.1) is 11.3 Å². The molecule has 0 saturated heterocycles. The summed E-state index contributed by atoms with van der Waals surface area (Å²) in [7, 11) is 1.58. The Balaban J connectivity index is 1.54. The van der Waals surface area contributed by atoms with Crippen LogP contribution in [-0.4, -0.2) is 23.2 Å². The predicted octanol–water partition coefficient (Wildman–Crippen LogP) is 3.89. The standard InChI is InChI=1S/C19H16N4O2S2/c1-25-16-5-3-2-4-15(16)10-17(24)21-18-22-23-19(27-18)26-12-14-8-6-13(11-20)7-9-14/h2-9H,10,12H2,1H3,(H,21,22,24). The molecule has 8 heteroatoms. The van der Waals surface area contributed by atoms with E-state index in [1.54, 1.807) is 19.2 Å². The molecule has 136 valence electrons. The van der Waals surface area contributed by atoms with Gasteiger partial charge in [0.05, 0.1) is 25.2 Å². The number of thioether (sulfide) groups is 1. The number of hydrogen-bond donors (Lipinski definition) is 1. The highest BCUT2D eigenvalue weighted by Gasteiger charge is 2.12. The highest BCUT2D eigenvalue weighted by atomic mass is 32.2. The topological polar surface area (TPSA) is 87.9 Å². The van der Waals surface area contributed by atoms with Crippen LogP contribution in [-0.2, 0) is 17.0 Å². The molecule has 0 saturated carbocycles. The molecule has 1 N–H and O–H groups in total. The van der Waals surface area contributed by atoms with Gasteiger partial charge in [0.25, 0.3) is 0 Å². The number of nitriles is 1. The molecule has 3 rings (SSSR count). The molecule has 1 heterocycles. The van der Waals surface area contributed by atoms with Crippen molar-refractivity contribution in [3.05, 3.63) is 65.2 Å². The number of hydrogen-bond acceptors (Lipinski definition) is 7. The maximum Gasteiger partial charge on any atom is 0.230 e. The number of ether oxygens (including phenoxy) is 1. The van der Waals surface area contributed by atoms with E-state index in [9.17, 15) is 4.79 Å². The van der Waals surface area contributed by atoms with Crippen LogP contribution in [0.2, 0.25) is 0 Å². The number of aromatic nitrogens is 2. The average molecular weight is 396 g/mol. The zero-order valence-corrected chi connectivity index (χ0v) is 16.1. The molecule has 0 fully saturated rings. The Bertz CT molecular complexity index is 964. The smallest absolute Gasteiger partial charge is 0.230 e. The molecule has 0 aliphatic carbocycles. The molecular formula is C19H16N4O2S2. The van der Waals surface area contributed by atoms with Crippen LogP contribution in [0.5, 0.6) is 5.75 Å². The Morgan fingerprint density at radius 1 is 1.22 bits per heavy atom. The SMILES string of the molecule is COc1ccccc1CC(=O)Nc1nnc(SCc2ccc(C#N)cc2)s1. The maximum atomic E-state index is 12.2. The predicted molar refractivity (Wildman–Crippen MR) is 106 cm³/mol. The molecule has 0 unspecified atom stereocenters. The molecule has 0 spiro atoms. The molecule has 1 aromatic heterocycles. The number of nitrogens with zero attached hydrogens (tertiary/aromatic N) is 3. The van der Waals surface area contributed by atoms with Crippen molar-refractivity contribution in [1.29, 1.82) is 5.26 Å². The Hall–Kier alpha value is -2.89. The van der Waals surface area contributed by atoms with Crippen molar-refractivity contribution < 1.29 is 9.53 Å². The van der Waals surface area contributed by atoms with Gasteiger partial charge in [0, 0.05) is 11.3 Å². The fourth-order valence-electron chi connectivity index (χ4n) is 2.32.